The number of piperidine rings is 1. The number of benzene rings is 1. The van der Waals surface area contributed by atoms with Crippen LogP contribution in [-0.2, 0) is 11.3 Å². The smallest absolute Gasteiger partial charge is 0.255 e. The predicted octanol–water partition coefficient (Wildman–Crippen LogP) is 3.55. The Morgan fingerprint density at radius 2 is 2.00 bits per heavy atom. The molecule has 0 bridgehead atoms. The second kappa shape index (κ2) is 6.51. The van der Waals surface area contributed by atoms with Crippen LogP contribution in [0, 0.1) is 6.92 Å². The molecule has 5 rings (SSSR count). The molecule has 6 nitrogen and oxygen atoms in total. The maximum absolute atomic E-state index is 12.6. The minimum absolute atomic E-state index is 0.0949. The van der Waals surface area contributed by atoms with Gasteiger partial charge in [0.05, 0.1) is 24.3 Å². The fourth-order valence-electron chi connectivity index (χ4n) is 4.71. The van der Waals surface area contributed by atoms with Crippen molar-refractivity contribution in [2.75, 3.05) is 25.0 Å². The summed E-state index contributed by atoms with van der Waals surface area (Å²) in [4.78, 5) is 15.0. The number of carbonyl (C=O) groups excluding carboxylic acids is 1. The van der Waals surface area contributed by atoms with Gasteiger partial charge >= 0.3 is 0 Å². The molecular weight excluding hydrogens is 378 g/mol. The molecule has 2 fully saturated rings. The van der Waals surface area contributed by atoms with Gasteiger partial charge in [-0.05, 0) is 50.1 Å². The van der Waals surface area contributed by atoms with Crippen LogP contribution in [0.2, 0.25) is 5.02 Å². The molecule has 28 heavy (non-hydrogen) atoms. The van der Waals surface area contributed by atoms with Crippen molar-refractivity contribution in [3.05, 3.63) is 52.4 Å². The second-order valence-electron chi connectivity index (χ2n) is 8.29. The van der Waals surface area contributed by atoms with E-state index >= 15 is 0 Å². The number of likely N-dealkylation sites (tertiary alicyclic amines) is 1. The number of halogens is 1. The zero-order chi connectivity index (χ0) is 19.4. The van der Waals surface area contributed by atoms with E-state index in [1.165, 1.54) is 0 Å². The molecular formula is C21H24ClN3O3. The first-order chi connectivity index (χ1) is 13.4. The van der Waals surface area contributed by atoms with Crippen molar-refractivity contribution in [3.8, 4) is 0 Å². The molecule has 1 amide bonds. The van der Waals surface area contributed by atoms with Crippen LogP contribution in [0.15, 0.2) is 34.7 Å². The molecule has 148 valence electrons. The van der Waals surface area contributed by atoms with Crippen molar-refractivity contribution in [2.45, 2.75) is 44.0 Å². The molecule has 3 aliphatic rings. The van der Waals surface area contributed by atoms with Crippen LogP contribution < -0.4 is 10.6 Å². The monoisotopic (exact) mass is 401 g/mol. The summed E-state index contributed by atoms with van der Waals surface area (Å²) >= 11 is 6.04. The number of hydrogen-bond donors (Lipinski definition) is 2. The largest absolute Gasteiger partial charge is 0.465 e. The van der Waals surface area contributed by atoms with E-state index in [0.29, 0.717) is 17.2 Å². The number of ether oxygens (including phenoxy) is 1. The van der Waals surface area contributed by atoms with Crippen LogP contribution in [0.3, 0.4) is 0 Å². The molecule has 1 atom stereocenters. The lowest BCUT2D eigenvalue weighted by molar-refractivity contribution is -0.0461. The van der Waals surface area contributed by atoms with Crippen molar-refractivity contribution in [1.29, 1.82) is 0 Å². The number of nitrogens with zero attached hydrogens (tertiary/aromatic N) is 1. The van der Waals surface area contributed by atoms with Gasteiger partial charge in [-0.1, -0.05) is 11.6 Å². The average Bonchev–Trinajstić information content (AvgIpc) is 3.22. The molecule has 0 radical (unpaired) electrons. The van der Waals surface area contributed by atoms with Crippen LogP contribution >= 0.6 is 11.6 Å². The van der Waals surface area contributed by atoms with Gasteiger partial charge < -0.3 is 19.8 Å². The summed E-state index contributed by atoms with van der Waals surface area (Å²) in [6, 6.07) is 9.43. The molecule has 1 unspecified atom stereocenters. The van der Waals surface area contributed by atoms with Crippen molar-refractivity contribution < 1.29 is 13.9 Å². The van der Waals surface area contributed by atoms with Gasteiger partial charge in [0.15, 0.2) is 0 Å². The SMILES string of the molecule is Cc1ccc(CN2CCC3(CC2)CC2(CO3)NC(=O)c3cc(Cl)ccc3N2)o1. The molecule has 2 saturated heterocycles. The summed E-state index contributed by atoms with van der Waals surface area (Å²) in [6.45, 7) is 5.18. The van der Waals surface area contributed by atoms with Gasteiger partial charge in [-0.15, -0.1) is 0 Å². The van der Waals surface area contributed by atoms with Crippen LogP contribution in [0.4, 0.5) is 5.69 Å². The Morgan fingerprint density at radius 3 is 2.75 bits per heavy atom. The van der Waals surface area contributed by atoms with Gasteiger partial charge in [0.2, 0.25) is 0 Å². The average molecular weight is 402 g/mol. The van der Waals surface area contributed by atoms with Gasteiger partial charge in [0, 0.05) is 30.2 Å². The summed E-state index contributed by atoms with van der Waals surface area (Å²) in [6.07, 6.45) is 2.65. The zero-order valence-electron chi connectivity index (χ0n) is 15.9. The Morgan fingerprint density at radius 1 is 1.18 bits per heavy atom. The van der Waals surface area contributed by atoms with E-state index in [1.807, 2.05) is 25.1 Å². The Bertz CT molecular complexity index is 919. The van der Waals surface area contributed by atoms with Crippen molar-refractivity contribution in [2.24, 2.45) is 0 Å². The maximum Gasteiger partial charge on any atom is 0.255 e. The van der Waals surface area contributed by atoms with Gasteiger partial charge in [0.1, 0.15) is 17.2 Å². The van der Waals surface area contributed by atoms with Crippen LogP contribution in [0.25, 0.3) is 0 Å². The minimum Gasteiger partial charge on any atom is -0.465 e. The summed E-state index contributed by atoms with van der Waals surface area (Å²) in [5.41, 5.74) is 0.667. The van der Waals surface area contributed by atoms with E-state index in [9.17, 15) is 4.79 Å². The third-order valence-corrected chi connectivity index (χ3v) is 6.38. The summed E-state index contributed by atoms with van der Waals surface area (Å²) < 4.78 is 12.0. The topological polar surface area (TPSA) is 66.7 Å². The fraction of sp³-hybridized carbons (Fsp3) is 0.476. The lowest BCUT2D eigenvalue weighted by atomic mass is 9.84. The normalized spacial score (nSPS) is 26.3. The quantitative estimate of drug-likeness (QED) is 0.805. The van der Waals surface area contributed by atoms with Crippen molar-refractivity contribution in [1.82, 2.24) is 10.2 Å². The van der Waals surface area contributed by atoms with Gasteiger partial charge in [-0.3, -0.25) is 9.69 Å². The molecule has 4 heterocycles. The summed E-state index contributed by atoms with van der Waals surface area (Å²) in [7, 11) is 0. The first-order valence-corrected chi connectivity index (χ1v) is 10.1. The van der Waals surface area contributed by atoms with Gasteiger partial charge in [-0.2, -0.15) is 0 Å². The zero-order valence-corrected chi connectivity index (χ0v) is 16.6. The first kappa shape index (κ1) is 18.0. The molecule has 0 saturated carbocycles. The van der Waals surface area contributed by atoms with Crippen LogP contribution in [-0.4, -0.2) is 41.8 Å². The molecule has 1 aromatic heterocycles. The van der Waals surface area contributed by atoms with Crippen LogP contribution in [0.5, 0.6) is 0 Å². The lowest BCUT2D eigenvalue weighted by Gasteiger charge is -2.40. The fourth-order valence-corrected chi connectivity index (χ4v) is 4.88. The molecule has 3 aliphatic heterocycles. The minimum atomic E-state index is -0.543. The number of furan rings is 1. The number of anilines is 1. The molecule has 1 aromatic carbocycles. The number of hydrogen-bond acceptors (Lipinski definition) is 5. The lowest BCUT2D eigenvalue weighted by Crippen LogP contribution is -2.59. The molecule has 0 aliphatic carbocycles. The van der Waals surface area contributed by atoms with Crippen molar-refractivity contribution in [3.63, 3.8) is 0 Å². The van der Waals surface area contributed by atoms with E-state index in [2.05, 4.69) is 15.5 Å². The van der Waals surface area contributed by atoms with Gasteiger partial charge in [-0.25, -0.2) is 0 Å². The Kier molecular flexibility index (Phi) is 4.19. The Hall–Kier alpha value is -2.02. The Balaban J connectivity index is 1.26. The predicted molar refractivity (Wildman–Crippen MR) is 107 cm³/mol. The van der Waals surface area contributed by atoms with Gasteiger partial charge in [0.25, 0.3) is 5.91 Å². The highest BCUT2D eigenvalue weighted by molar-refractivity contribution is 6.31. The van der Waals surface area contributed by atoms with Crippen LogP contribution in [0.1, 0.15) is 41.1 Å². The second-order valence-corrected chi connectivity index (χ2v) is 8.72. The molecule has 7 heteroatoms. The third-order valence-electron chi connectivity index (χ3n) is 6.14. The highest BCUT2D eigenvalue weighted by Gasteiger charge is 2.53. The number of aryl methyl sites for hydroxylation is 1. The Labute approximate surface area is 169 Å². The number of carbonyl (C=O) groups is 1. The van der Waals surface area contributed by atoms with E-state index in [0.717, 1.165) is 56.1 Å². The van der Waals surface area contributed by atoms with E-state index in [1.54, 1.807) is 12.1 Å². The van der Waals surface area contributed by atoms with Crippen molar-refractivity contribution >= 4 is 23.2 Å². The first-order valence-electron chi connectivity index (χ1n) is 9.76. The molecule has 2 N–H and O–H groups in total. The highest BCUT2D eigenvalue weighted by atomic mass is 35.5. The summed E-state index contributed by atoms with van der Waals surface area (Å²) in [5, 5.41) is 7.21. The molecule has 2 aromatic rings. The maximum atomic E-state index is 12.6. The number of rotatable bonds is 2. The third kappa shape index (κ3) is 3.19. The number of amides is 1. The number of fused-ring (bicyclic) bond motifs is 1. The van der Waals surface area contributed by atoms with E-state index in [4.69, 9.17) is 20.8 Å². The highest BCUT2D eigenvalue weighted by Crippen LogP contribution is 2.43. The van der Waals surface area contributed by atoms with E-state index in [-0.39, 0.29) is 11.5 Å². The van der Waals surface area contributed by atoms with E-state index < -0.39 is 5.66 Å². The summed E-state index contributed by atoms with van der Waals surface area (Å²) in [5.74, 6) is 1.86. The number of nitrogens with one attached hydrogen (secondary N) is 2. The molecule has 2 spiro atoms. The standard InChI is InChI=1S/C21H24ClN3O3/c1-14-2-4-16(28-14)11-25-8-6-20(7-9-25)12-21(13-27-20)23-18-5-3-15(22)10-17(18)19(26)24-21/h2-5,10,23H,6-9,11-13H2,1H3,(H,24,26).